The van der Waals surface area contributed by atoms with Gasteiger partial charge >= 0.3 is 0 Å². The second-order valence-corrected chi connectivity index (χ2v) is 9.47. The van der Waals surface area contributed by atoms with Crippen molar-refractivity contribution in [3.8, 4) is 5.75 Å². The van der Waals surface area contributed by atoms with E-state index in [-0.39, 0.29) is 41.9 Å². The number of carbonyl (C=O) groups excluding carboxylic acids is 3. The van der Waals surface area contributed by atoms with Gasteiger partial charge in [0.2, 0.25) is 11.8 Å². The number of hydrogen-bond donors (Lipinski definition) is 2. The molecule has 4 rings (SSSR count). The second kappa shape index (κ2) is 9.48. The molecule has 0 bridgehead atoms. The number of anilines is 1. The molecule has 2 N–H and O–H groups in total. The van der Waals surface area contributed by atoms with Crippen LogP contribution in [-0.2, 0) is 14.3 Å². The Labute approximate surface area is 189 Å². The summed E-state index contributed by atoms with van der Waals surface area (Å²) in [5.41, 5.74) is 0.996. The number of rotatable bonds is 6. The van der Waals surface area contributed by atoms with E-state index in [9.17, 15) is 14.4 Å². The minimum absolute atomic E-state index is 0.0258. The van der Waals surface area contributed by atoms with Crippen molar-refractivity contribution in [3.05, 3.63) is 23.8 Å². The Morgan fingerprint density at radius 3 is 2.69 bits per heavy atom. The van der Waals surface area contributed by atoms with Crippen LogP contribution in [0.2, 0.25) is 0 Å². The molecule has 2 heterocycles. The van der Waals surface area contributed by atoms with Gasteiger partial charge in [0.15, 0.2) is 0 Å². The molecule has 174 valence electrons. The molecule has 3 aliphatic rings. The Morgan fingerprint density at radius 2 is 1.97 bits per heavy atom. The van der Waals surface area contributed by atoms with Crippen LogP contribution in [0.4, 0.5) is 5.69 Å². The molecule has 8 nitrogen and oxygen atoms in total. The minimum atomic E-state index is -0.299. The highest BCUT2D eigenvalue weighted by Gasteiger charge is 2.39. The molecule has 1 aromatic carbocycles. The maximum Gasteiger partial charge on any atom is 0.257 e. The van der Waals surface area contributed by atoms with Crippen molar-refractivity contribution in [2.75, 3.05) is 25.5 Å². The van der Waals surface area contributed by atoms with Gasteiger partial charge in [0.25, 0.3) is 5.91 Å². The number of fused-ring (bicyclic) bond motifs is 2. The molecule has 32 heavy (non-hydrogen) atoms. The number of nitrogens with one attached hydrogen (secondary N) is 2. The summed E-state index contributed by atoms with van der Waals surface area (Å²) in [7, 11) is 1.78. The van der Waals surface area contributed by atoms with Crippen LogP contribution in [0.25, 0.3) is 0 Å². The van der Waals surface area contributed by atoms with Crippen LogP contribution in [0.5, 0.6) is 5.75 Å². The molecular formula is C24H33N3O5. The van der Waals surface area contributed by atoms with Gasteiger partial charge in [0.1, 0.15) is 18.5 Å². The summed E-state index contributed by atoms with van der Waals surface area (Å²) in [4.78, 5) is 39.2. The van der Waals surface area contributed by atoms with Crippen LogP contribution in [0.15, 0.2) is 18.2 Å². The molecule has 8 heteroatoms. The molecule has 0 aromatic heterocycles. The van der Waals surface area contributed by atoms with Gasteiger partial charge in [-0.3, -0.25) is 14.4 Å². The highest BCUT2D eigenvalue weighted by atomic mass is 16.5. The predicted molar refractivity (Wildman–Crippen MR) is 120 cm³/mol. The normalized spacial score (nSPS) is 25.2. The van der Waals surface area contributed by atoms with Crippen molar-refractivity contribution in [3.63, 3.8) is 0 Å². The van der Waals surface area contributed by atoms with Gasteiger partial charge in [-0.15, -0.1) is 0 Å². The standard InChI is InChI=1S/C24H33N3O5/c1-14(2)23(29)26-16-6-9-20-18(10-16)24(30)27(3)19-8-7-17(32-21(19)13-31-20)11-22(28)25-12-15-4-5-15/h6,9-10,14-15,17,19,21H,4-5,7-8,11-13H2,1-3H3,(H,25,28)(H,26,29)/t17-,19+,21+/m1/s1. The molecular weight excluding hydrogens is 410 g/mol. The highest BCUT2D eigenvalue weighted by Crippen LogP contribution is 2.33. The van der Waals surface area contributed by atoms with Crippen LogP contribution in [0, 0.1) is 11.8 Å². The van der Waals surface area contributed by atoms with Gasteiger partial charge < -0.3 is 25.0 Å². The summed E-state index contributed by atoms with van der Waals surface area (Å²) >= 11 is 0. The Hall–Kier alpha value is -2.61. The Kier molecular flexibility index (Phi) is 6.69. The third kappa shape index (κ3) is 5.23. The van der Waals surface area contributed by atoms with Crippen molar-refractivity contribution >= 4 is 23.4 Å². The third-order valence-corrected chi connectivity index (χ3v) is 6.50. The zero-order chi connectivity index (χ0) is 22.8. The summed E-state index contributed by atoms with van der Waals surface area (Å²) in [5.74, 6) is 0.711. The lowest BCUT2D eigenvalue weighted by atomic mass is 9.94. The van der Waals surface area contributed by atoms with E-state index in [1.165, 1.54) is 12.8 Å². The minimum Gasteiger partial charge on any atom is -0.490 e. The largest absolute Gasteiger partial charge is 0.490 e. The summed E-state index contributed by atoms with van der Waals surface area (Å²) in [5, 5.41) is 5.83. The van der Waals surface area contributed by atoms with Crippen LogP contribution >= 0.6 is 0 Å². The topological polar surface area (TPSA) is 97.0 Å². The summed E-state index contributed by atoms with van der Waals surface area (Å²) in [6.07, 6.45) is 3.73. The van der Waals surface area contributed by atoms with E-state index in [1.54, 1.807) is 30.1 Å². The van der Waals surface area contributed by atoms with E-state index in [4.69, 9.17) is 9.47 Å². The monoisotopic (exact) mass is 443 g/mol. The van der Waals surface area contributed by atoms with Crippen molar-refractivity contribution in [2.45, 2.75) is 64.2 Å². The summed E-state index contributed by atoms with van der Waals surface area (Å²) < 4.78 is 12.2. The second-order valence-electron chi connectivity index (χ2n) is 9.47. The van der Waals surface area contributed by atoms with Gasteiger partial charge in [-0.25, -0.2) is 0 Å². The number of nitrogens with zero attached hydrogens (tertiary/aromatic N) is 1. The average Bonchev–Trinajstić information content (AvgIpc) is 3.59. The molecule has 2 aliphatic heterocycles. The molecule has 1 saturated carbocycles. The van der Waals surface area contributed by atoms with E-state index < -0.39 is 0 Å². The molecule has 1 aromatic rings. The maximum absolute atomic E-state index is 13.2. The first-order valence-corrected chi connectivity index (χ1v) is 11.6. The molecule has 3 atom stereocenters. The lowest BCUT2D eigenvalue weighted by molar-refractivity contribution is -0.134. The fourth-order valence-corrected chi connectivity index (χ4v) is 4.25. The molecule has 0 spiro atoms. The number of benzene rings is 1. The van der Waals surface area contributed by atoms with Gasteiger partial charge in [-0.2, -0.15) is 0 Å². The first kappa shape index (κ1) is 22.6. The van der Waals surface area contributed by atoms with Crippen LogP contribution in [0.3, 0.4) is 0 Å². The van der Waals surface area contributed by atoms with E-state index in [0.29, 0.717) is 42.4 Å². The van der Waals surface area contributed by atoms with Crippen molar-refractivity contribution in [1.29, 1.82) is 0 Å². The number of ether oxygens (including phenoxy) is 2. The first-order valence-electron chi connectivity index (χ1n) is 11.6. The Morgan fingerprint density at radius 1 is 1.19 bits per heavy atom. The zero-order valence-corrected chi connectivity index (χ0v) is 19.1. The summed E-state index contributed by atoms with van der Waals surface area (Å²) in [6.45, 7) is 4.69. The maximum atomic E-state index is 13.2. The summed E-state index contributed by atoms with van der Waals surface area (Å²) in [6, 6.07) is 4.99. The van der Waals surface area contributed by atoms with Crippen molar-refractivity contribution in [1.82, 2.24) is 10.2 Å². The first-order chi connectivity index (χ1) is 15.3. The van der Waals surface area contributed by atoms with Gasteiger partial charge in [0, 0.05) is 25.2 Å². The van der Waals surface area contributed by atoms with Crippen LogP contribution < -0.4 is 15.4 Å². The third-order valence-electron chi connectivity index (χ3n) is 6.50. The Bertz CT molecular complexity index is 882. The molecule has 1 aliphatic carbocycles. The number of carbonyl (C=O) groups is 3. The van der Waals surface area contributed by atoms with Gasteiger partial charge in [-0.05, 0) is 49.8 Å². The van der Waals surface area contributed by atoms with E-state index in [0.717, 1.165) is 13.0 Å². The molecule has 1 saturated heterocycles. The Balaban J connectivity index is 1.42. The average molecular weight is 444 g/mol. The predicted octanol–water partition coefficient (Wildman–Crippen LogP) is 2.58. The fourth-order valence-electron chi connectivity index (χ4n) is 4.25. The number of amides is 3. The number of hydrogen-bond acceptors (Lipinski definition) is 5. The van der Waals surface area contributed by atoms with Gasteiger partial charge in [0.05, 0.1) is 24.1 Å². The lowest BCUT2D eigenvalue weighted by Crippen LogP contribution is -2.54. The molecule has 2 fully saturated rings. The van der Waals surface area contributed by atoms with E-state index in [1.807, 2.05) is 13.8 Å². The van der Waals surface area contributed by atoms with Crippen molar-refractivity contribution in [2.24, 2.45) is 11.8 Å². The SMILES string of the molecule is CC(C)C(=O)Nc1ccc2c(c1)C(=O)N(C)[C@H]1CC[C@H](CC(=O)NCC3CC3)O[C@H]1CO2. The van der Waals surface area contributed by atoms with E-state index >= 15 is 0 Å². The zero-order valence-electron chi connectivity index (χ0n) is 19.1. The molecule has 0 unspecified atom stereocenters. The lowest BCUT2D eigenvalue weighted by Gasteiger charge is -2.42. The van der Waals surface area contributed by atoms with Crippen LogP contribution in [0.1, 0.15) is 56.3 Å². The molecule has 3 amide bonds. The van der Waals surface area contributed by atoms with Gasteiger partial charge in [-0.1, -0.05) is 13.8 Å². The van der Waals surface area contributed by atoms with Crippen molar-refractivity contribution < 1.29 is 23.9 Å². The molecule has 0 radical (unpaired) electrons. The van der Waals surface area contributed by atoms with E-state index in [2.05, 4.69) is 10.6 Å². The van der Waals surface area contributed by atoms with Crippen LogP contribution in [-0.4, -0.2) is 61.1 Å². The number of likely N-dealkylation sites (N-methyl/N-ethyl adjacent to an activating group) is 1. The fraction of sp³-hybridized carbons (Fsp3) is 0.625. The quantitative estimate of drug-likeness (QED) is 0.704. The smallest absolute Gasteiger partial charge is 0.257 e. The highest BCUT2D eigenvalue weighted by molar-refractivity contribution is 6.00.